The van der Waals surface area contributed by atoms with Crippen LogP contribution in [0.2, 0.25) is 5.02 Å². The lowest BCUT2D eigenvalue weighted by Crippen LogP contribution is -2.39. The molecule has 0 bridgehead atoms. The van der Waals surface area contributed by atoms with Crippen molar-refractivity contribution in [1.29, 1.82) is 0 Å². The van der Waals surface area contributed by atoms with Crippen molar-refractivity contribution in [2.24, 2.45) is 0 Å². The number of aryl methyl sites for hydroxylation is 1. The molecule has 0 aliphatic carbocycles. The Morgan fingerprint density at radius 1 is 1.44 bits per heavy atom. The molecule has 102 valence electrons. The van der Waals surface area contributed by atoms with Crippen LogP contribution in [0.1, 0.15) is 5.56 Å². The molecule has 0 unspecified atom stereocenters. The summed E-state index contributed by atoms with van der Waals surface area (Å²) in [5.41, 5.74) is 0.750. The number of aliphatic hydroxyl groups excluding tert-OH is 1. The molecule has 0 heterocycles. The summed E-state index contributed by atoms with van der Waals surface area (Å²) in [5.74, 6) is -3.51. The van der Waals surface area contributed by atoms with Crippen LogP contribution in [-0.2, 0) is 10.0 Å². The van der Waals surface area contributed by atoms with E-state index in [9.17, 15) is 17.2 Å². The fourth-order valence-electron chi connectivity index (χ4n) is 1.16. The summed E-state index contributed by atoms with van der Waals surface area (Å²) in [5, 5.41) is 8.30. The van der Waals surface area contributed by atoms with Crippen molar-refractivity contribution in [3.8, 4) is 0 Å². The van der Waals surface area contributed by atoms with Crippen molar-refractivity contribution < 1.29 is 22.3 Å². The molecule has 1 aromatic carbocycles. The second-order valence-corrected chi connectivity index (χ2v) is 5.92. The van der Waals surface area contributed by atoms with E-state index in [0.29, 0.717) is 0 Å². The topological polar surface area (TPSA) is 66.4 Å². The van der Waals surface area contributed by atoms with Gasteiger partial charge in [-0.05, 0) is 24.6 Å². The number of nitrogens with one attached hydrogen (secondary N) is 1. The average molecular weight is 300 g/mol. The van der Waals surface area contributed by atoms with E-state index in [0.717, 1.165) is 5.56 Å². The van der Waals surface area contributed by atoms with E-state index in [1.807, 2.05) is 0 Å². The van der Waals surface area contributed by atoms with Crippen molar-refractivity contribution >= 4 is 21.6 Å². The van der Waals surface area contributed by atoms with Crippen molar-refractivity contribution in [2.45, 2.75) is 17.7 Å². The standard InChI is InChI=1S/C10H12ClF2NO3S/c1-7-2-3-9(8(11)4-7)18(16,17)14-5-10(12,13)6-15/h2-4,14-15H,5-6H2,1H3. The molecule has 0 spiro atoms. The Morgan fingerprint density at radius 3 is 2.56 bits per heavy atom. The molecule has 18 heavy (non-hydrogen) atoms. The van der Waals surface area contributed by atoms with Crippen molar-refractivity contribution in [1.82, 2.24) is 4.72 Å². The smallest absolute Gasteiger partial charge is 0.283 e. The summed E-state index contributed by atoms with van der Waals surface area (Å²) < 4.78 is 50.6. The number of hydrogen-bond acceptors (Lipinski definition) is 3. The molecule has 1 aromatic rings. The summed E-state index contributed by atoms with van der Waals surface area (Å²) in [6.45, 7) is -0.900. The molecular weight excluding hydrogens is 288 g/mol. The third kappa shape index (κ3) is 3.88. The molecule has 0 aliphatic rings. The average Bonchev–Trinajstić information content (AvgIpc) is 2.26. The number of sulfonamides is 1. The SMILES string of the molecule is Cc1ccc(S(=O)(=O)NCC(F)(F)CO)c(Cl)c1. The molecule has 1 rings (SSSR count). The molecule has 0 radical (unpaired) electrons. The number of alkyl halides is 2. The van der Waals surface area contributed by atoms with Gasteiger partial charge in [-0.25, -0.2) is 21.9 Å². The van der Waals surface area contributed by atoms with E-state index < -0.39 is 29.1 Å². The van der Waals surface area contributed by atoms with Gasteiger partial charge in [0.2, 0.25) is 10.0 Å². The Hall–Kier alpha value is -0.760. The molecule has 8 heteroatoms. The summed E-state index contributed by atoms with van der Waals surface area (Å²) in [7, 11) is -4.12. The normalized spacial score (nSPS) is 12.7. The Morgan fingerprint density at radius 2 is 2.06 bits per heavy atom. The Balaban J connectivity index is 2.94. The molecule has 0 saturated carbocycles. The molecule has 0 aliphatic heterocycles. The van der Waals surface area contributed by atoms with Crippen LogP contribution in [0.25, 0.3) is 0 Å². The summed E-state index contributed by atoms with van der Waals surface area (Å²) >= 11 is 5.74. The van der Waals surface area contributed by atoms with Crippen molar-refractivity contribution in [2.75, 3.05) is 13.2 Å². The lowest BCUT2D eigenvalue weighted by atomic mass is 10.2. The van der Waals surface area contributed by atoms with Crippen LogP contribution in [0, 0.1) is 6.92 Å². The molecule has 0 amide bonds. The molecule has 4 nitrogen and oxygen atoms in total. The minimum atomic E-state index is -4.12. The Kier molecular flexibility index (Phi) is 4.66. The van der Waals surface area contributed by atoms with Gasteiger partial charge in [-0.1, -0.05) is 17.7 Å². The first-order valence-corrected chi connectivity index (χ1v) is 6.78. The summed E-state index contributed by atoms with van der Waals surface area (Å²) in [6.07, 6.45) is 0. The van der Waals surface area contributed by atoms with E-state index in [1.54, 1.807) is 11.6 Å². The number of hydrogen-bond donors (Lipinski definition) is 2. The number of aliphatic hydroxyl groups is 1. The third-order valence-corrected chi connectivity index (χ3v) is 4.01. The number of benzene rings is 1. The van der Waals surface area contributed by atoms with E-state index in [1.165, 1.54) is 18.2 Å². The van der Waals surface area contributed by atoms with Gasteiger partial charge in [0.25, 0.3) is 5.92 Å². The van der Waals surface area contributed by atoms with Gasteiger partial charge in [-0.15, -0.1) is 0 Å². The van der Waals surface area contributed by atoms with Gasteiger partial charge in [0.05, 0.1) is 11.6 Å². The first-order valence-electron chi connectivity index (χ1n) is 4.92. The lowest BCUT2D eigenvalue weighted by Gasteiger charge is -2.14. The summed E-state index contributed by atoms with van der Waals surface area (Å²) in [4.78, 5) is -0.275. The van der Waals surface area contributed by atoms with Crippen LogP contribution in [0.3, 0.4) is 0 Å². The third-order valence-electron chi connectivity index (χ3n) is 2.13. The monoisotopic (exact) mass is 299 g/mol. The van der Waals surface area contributed by atoms with E-state index in [-0.39, 0.29) is 9.92 Å². The van der Waals surface area contributed by atoms with Crippen molar-refractivity contribution in [3.05, 3.63) is 28.8 Å². The minimum absolute atomic E-state index is 0.0465. The van der Waals surface area contributed by atoms with E-state index in [2.05, 4.69) is 0 Å². The second-order valence-electron chi connectivity index (χ2n) is 3.77. The number of rotatable bonds is 5. The zero-order valence-electron chi connectivity index (χ0n) is 9.45. The maximum Gasteiger partial charge on any atom is 0.283 e. The van der Waals surface area contributed by atoms with Gasteiger partial charge in [-0.2, -0.15) is 0 Å². The highest BCUT2D eigenvalue weighted by atomic mass is 35.5. The first kappa shape index (κ1) is 15.3. The van der Waals surface area contributed by atoms with Crippen LogP contribution >= 0.6 is 11.6 Å². The van der Waals surface area contributed by atoms with Gasteiger partial charge in [0.15, 0.2) is 0 Å². The Bertz CT molecular complexity index is 534. The maximum atomic E-state index is 12.8. The van der Waals surface area contributed by atoms with Gasteiger partial charge in [0, 0.05) is 0 Å². The fourth-order valence-corrected chi connectivity index (χ4v) is 2.82. The van der Waals surface area contributed by atoms with E-state index in [4.69, 9.17) is 16.7 Å². The quantitative estimate of drug-likeness (QED) is 0.867. The zero-order valence-corrected chi connectivity index (χ0v) is 11.0. The highest BCUT2D eigenvalue weighted by Crippen LogP contribution is 2.22. The highest BCUT2D eigenvalue weighted by Gasteiger charge is 2.30. The molecular formula is C10H12ClF2NO3S. The van der Waals surface area contributed by atoms with Gasteiger partial charge in [0.1, 0.15) is 11.5 Å². The van der Waals surface area contributed by atoms with Gasteiger partial charge >= 0.3 is 0 Å². The Labute approximate surface area is 109 Å². The first-order chi connectivity index (χ1) is 8.18. The van der Waals surface area contributed by atoms with Crippen LogP contribution in [0.4, 0.5) is 8.78 Å². The van der Waals surface area contributed by atoms with Gasteiger partial charge in [-0.3, -0.25) is 0 Å². The van der Waals surface area contributed by atoms with Crippen molar-refractivity contribution in [3.63, 3.8) is 0 Å². The predicted octanol–water partition coefficient (Wildman–Crippen LogP) is 1.55. The van der Waals surface area contributed by atoms with Crippen LogP contribution in [0.15, 0.2) is 23.1 Å². The molecule has 2 N–H and O–H groups in total. The maximum absolute atomic E-state index is 12.8. The van der Waals surface area contributed by atoms with Crippen LogP contribution in [0.5, 0.6) is 0 Å². The number of halogens is 3. The largest absolute Gasteiger partial charge is 0.390 e. The van der Waals surface area contributed by atoms with Gasteiger partial charge < -0.3 is 5.11 Å². The molecule has 0 saturated heterocycles. The van der Waals surface area contributed by atoms with Crippen LogP contribution < -0.4 is 4.72 Å². The molecule has 0 fully saturated rings. The van der Waals surface area contributed by atoms with Crippen LogP contribution in [-0.4, -0.2) is 32.6 Å². The van der Waals surface area contributed by atoms with E-state index >= 15 is 0 Å². The predicted molar refractivity (Wildman–Crippen MR) is 63.4 cm³/mol. The zero-order chi connectivity index (χ0) is 14.0. The lowest BCUT2D eigenvalue weighted by molar-refractivity contribution is -0.0437. The summed E-state index contributed by atoms with van der Waals surface area (Å²) in [6, 6.07) is 4.15. The highest BCUT2D eigenvalue weighted by molar-refractivity contribution is 7.89. The molecule has 0 aromatic heterocycles. The molecule has 0 atom stereocenters. The second kappa shape index (κ2) is 5.48. The fraction of sp³-hybridized carbons (Fsp3) is 0.400. The minimum Gasteiger partial charge on any atom is -0.390 e.